The third-order valence-electron chi connectivity index (χ3n) is 10.3. The molecule has 0 N–H and O–H groups in total. The van der Waals surface area contributed by atoms with Crippen LogP contribution in [0.4, 0.5) is 0 Å². The van der Waals surface area contributed by atoms with E-state index in [1.54, 1.807) is 6.20 Å². The van der Waals surface area contributed by atoms with Crippen LogP contribution in [-0.2, 0) is 0 Å². The maximum atomic E-state index is 6.25. The van der Waals surface area contributed by atoms with Crippen molar-refractivity contribution in [3.8, 4) is 51.0 Å². The molecule has 0 aliphatic rings. The maximum absolute atomic E-state index is 6.25. The number of furan rings is 1. The molecule has 0 fully saturated rings. The van der Waals surface area contributed by atoms with Gasteiger partial charge in [-0.2, -0.15) is 0 Å². The van der Waals surface area contributed by atoms with Crippen molar-refractivity contribution in [2.75, 3.05) is 0 Å². The van der Waals surface area contributed by atoms with Crippen LogP contribution in [0.2, 0.25) is 0 Å². The largest absolute Gasteiger partial charge is 0.454 e. The predicted molar refractivity (Wildman–Crippen MR) is 218 cm³/mol. The lowest BCUT2D eigenvalue weighted by Gasteiger charge is -2.15. The monoisotopic (exact) mass is 691 g/mol. The van der Waals surface area contributed by atoms with Crippen LogP contribution in [0.1, 0.15) is 0 Å². The molecule has 0 saturated carbocycles. The molecule has 4 heterocycles. The highest BCUT2D eigenvalue weighted by atomic mass is 16.3. The van der Waals surface area contributed by atoms with E-state index in [1.165, 1.54) is 10.8 Å². The zero-order chi connectivity index (χ0) is 35.6. The second-order valence-electron chi connectivity index (χ2n) is 13.5. The SMILES string of the molecule is c1ccc(-c2cccc(-c3nc(-c4cc(-n5c6ccccc6c6ccccc65)c5ccccc5c4)nc(-c4ccc5c(c4)oc4cccnc45)n3)c2)cc1. The fraction of sp³-hybridized carbons (Fsp3) is 0. The molecule has 11 rings (SSSR count). The van der Waals surface area contributed by atoms with Gasteiger partial charge in [-0.3, -0.25) is 4.98 Å². The van der Waals surface area contributed by atoms with Gasteiger partial charge >= 0.3 is 0 Å². The molecule has 0 saturated heterocycles. The lowest BCUT2D eigenvalue weighted by molar-refractivity contribution is 0.668. The van der Waals surface area contributed by atoms with Gasteiger partial charge in [0.1, 0.15) is 11.1 Å². The topological polar surface area (TPSA) is 69.6 Å². The van der Waals surface area contributed by atoms with E-state index in [1.807, 2.05) is 36.4 Å². The van der Waals surface area contributed by atoms with Gasteiger partial charge in [0, 0.05) is 44.4 Å². The van der Waals surface area contributed by atoms with E-state index in [0.717, 1.165) is 77.4 Å². The summed E-state index contributed by atoms with van der Waals surface area (Å²) in [7, 11) is 0. The van der Waals surface area contributed by atoms with Gasteiger partial charge < -0.3 is 8.98 Å². The Labute approximate surface area is 309 Å². The van der Waals surface area contributed by atoms with Crippen molar-refractivity contribution in [3.63, 3.8) is 0 Å². The summed E-state index contributed by atoms with van der Waals surface area (Å²) in [5.41, 5.74) is 10.5. The van der Waals surface area contributed by atoms with Crippen molar-refractivity contribution in [2.45, 2.75) is 0 Å². The highest BCUT2D eigenvalue weighted by Crippen LogP contribution is 2.38. The van der Waals surface area contributed by atoms with Crippen molar-refractivity contribution >= 4 is 54.6 Å². The molecule has 4 aromatic heterocycles. The number of pyridine rings is 1. The molecule has 0 bridgehead atoms. The first-order chi connectivity index (χ1) is 26.7. The summed E-state index contributed by atoms with van der Waals surface area (Å²) in [6.45, 7) is 0. The Kier molecular flexibility index (Phi) is 6.75. The number of para-hydroxylation sites is 2. The van der Waals surface area contributed by atoms with Crippen LogP contribution in [0, 0.1) is 0 Å². The van der Waals surface area contributed by atoms with Gasteiger partial charge in [0.15, 0.2) is 23.1 Å². The van der Waals surface area contributed by atoms with Crippen LogP contribution in [0.15, 0.2) is 180 Å². The predicted octanol–water partition coefficient (Wildman–Crippen LogP) is 12.1. The number of rotatable bonds is 5. The van der Waals surface area contributed by atoms with Crippen molar-refractivity contribution in [1.82, 2.24) is 24.5 Å². The number of fused-ring (bicyclic) bond motifs is 7. The summed E-state index contributed by atoms with van der Waals surface area (Å²) in [4.78, 5) is 20.1. The number of aromatic nitrogens is 5. The molecular weight excluding hydrogens is 663 g/mol. The smallest absolute Gasteiger partial charge is 0.164 e. The summed E-state index contributed by atoms with van der Waals surface area (Å²) >= 11 is 0. The fourth-order valence-corrected chi connectivity index (χ4v) is 7.75. The minimum atomic E-state index is 0.557. The Morgan fingerprint density at radius 1 is 0.389 bits per heavy atom. The summed E-state index contributed by atoms with van der Waals surface area (Å²) in [6, 6.07) is 58.8. The third kappa shape index (κ3) is 4.89. The molecule has 0 atom stereocenters. The molecule has 252 valence electrons. The van der Waals surface area contributed by atoms with Gasteiger partial charge in [-0.05, 0) is 71.1 Å². The fourth-order valence-electron chi connectivity index (χ4n) is 7.75. The van der Waals surface area contributed by atoms with Crippen LogP contribution in [0.5, 0.6) is 0 Å². The van der Waals surface area contributed by atoms with E-state index in [0.29, 0.717) is 17.5 Å². The van der Waals surface area contributed by atoms with Crippen molar-refractivity contribution in [3.05, 3.63) is 176 Å². The Bertz CT molecular complexity index is 3180. The zero-order valence-corrected chi connectivity index (χ0v) is 28.9. The standard InChI is InChI=1S/C48H29N5O/c1-2-12-30(13-3-1)31-15-10-16-33(26-31)46-50-47(34-23-24-39-44(29-34)54-43-22-11-25-49-45(39)43)52-48(51-46)35-27-32-14-4-5-17-36(32)42(28-35)53-40-20-8-6-18-37(40)38-19-7-9-21-41(38)53/h1-29H. The first-order valence-electron chi connectivity index (χ1n) is 18.0. The van der Waals surface area contributed by atoms with E-state index in [4.69, 9.17) is 19.4 Å². The van der Waals surface area contributed by atoms with Gasteiger partial charge in [0.2, 0.25) is 0 Å². The molecule has 7 aromatic carbocycles. The molecule has 6 heteroatoms. The van der Waals surface area contributed by atoms with E-state index in [9.17, 15) is 0 Å². The summed E-state index contributed by atoms with van der Waals surface area (Å²) < 4.78 is 8.62. The first kappa shape index (κ1) is 30.2. The van der Waals surface area contributed by atoms with Gasteiger partial charge in [-0.15, -0.1) is 0 Å². The molecule has 54 heavy (non-hydrogen) atoms. The van der Waals surface area contributed by atoms with E-state index < -0.39 is 0 Å². The normalized spacial score (nSPS) is 11.7. The maximum Gasteiger partial charge on any atom is 0.164 e. The van der Waals surface area contributed by atoms with Gasteiger partial charge in [0.25, 0.3) is 0 Å². The summed E-state index contributed by atoms with van der Waals surface area (Å²) in [6.07, 6.45) is 1.79. The van der Waals surface area contributed by atoms with Gasteiger partial charge in [-0.1, -0.05) is 115 Å². The average molecular weight is 692 g/mol. The van der Waals surface area contributed by atoms with Crippen molar-refractivity contribution < 1.29 is 4.42 Å². The molecule has 0 amide bonds. The second kappa shape index (κ2) is 12.1. The minimum absolute atomic E-state index is 0.557. The van der Waals surface area contributed by atoms with Crippen LogP contribution < -0.4 is 0 Å². The molecule has 6 nitrogen and oxygen atoms in total. The van der Waals surface area contributed by atoms with Crippen molar-refractivity contribution in [2.24, 2.45) is 0 Å². The lowest BCUT2D eigenvalue weighted by atomic mass is 10.0. The zero-order valence-electron chi connectivity index (χ0n) is 28.9. The van der Waals surface area contributed by atoms with Gasteiger partial charge in [0.05, 0.1) is 16.7 Å². The van der Waals surface area contributed by atoms with Crippen LogP contribution >= 0.6 is 0 Å². The number of benzene rings is 7. The molecule has 0 aliphatic carbocycles. The third-order valence-corrected chi connectivity index (χ3v) is 10.3. The average Bonchev–Trinajstić information content (AvgIpc) is 3.79. The summed E-state index contributed by atoms with van der Waals surface area (Å²) in [5, 5.41) is 5.60. The van der Waals surface area contributed by atoms with Crippen LogP contribution in [-0.4, -0.2) is 24.5 Å². The minimum Gasteiger partial charge on any atom is -0.454 e. The number of hydrogen-bond acceptors (Lipinski definition) is 5. The van der Waals surface area contributed by atoms with E-state index >= 15 is 0 Å². The highest BCUT2D eigenvalue weighted by Gasteiger charge is 2.19. The molecule has 0 radical (unpaired) electrons. The van der Waals surface area contributed by atoms with Gasteiger partial charge in [-0.25, -0.2) is 15.0 Å². The quantitative estimate of drug-likeness (QED) is 0.180. The van der Waals surface area contributed by atoms with Crippen molar-refractivity contribution in [1.29, 1.82) is 0 Å². The molecular formula is C48H29N5O. The molecule has 0 spiro atoms. The second-order valence-corrected chi connectivity index (χ2v) is 13.5. The highest BCUT2D eigenvalue weighted by molar-refractivity contribution is 6.11. The Balaban J connectivity index is 1.16. The number of hydrogen-bond donors (Lipinski definition) is 0. The molecule has 11 aromatic rings. The van der Waals surface area contributed by atoms with E-state index in [2.05, 4.69) is 143 Å². The van der Waals surface area contributed by atoms with Crippen LogP contribution in [0.3, 0.4) is 0 Å². The van der Waals surface area contributed by atoms with Crippen LogP contribution in [0.25, 0.3) is 106 Å². The van der Waals surface area contributed by atoms with E-state index in [-0.39, 0.29) is 0 Å². The Morgan fingerprint density at radius 3 is 1.80 bits per heavy atom. The summed E-state index contributed by atoms with van der Waals surface area (Å²) in [5.74, 6) is 1.73. The number of nitrogens with zero attached hydrogens (tertiary/aromatic N) is 5. The molecule has 0 unspecified atom stereocenters. The molecule has 0 aliphatic heterocycles. The first-order valence-corrected chi connectivity index (χ1v) is 18.0. The Hall–Kier alpha value is -7.44. The Morgan fingerprint density at radius 2 is 1.02 bits per heavy atom. The lowest BCUT2D eigenvalue weighted by Crippen LogP contribution is -2.02.